The normalized spacial score (nSPS) is 14.7. The van der Waals surface area contributed by atoms with E-state index in [4.69, 9.17) is 16.3 Å². The van der Waals surface area contributed by atoms with Crippen molar-refractivity contribution in [2.75, 3.05) is 0 Å². The SMILES string of the molecule is O=C1S/C(=C\c2c(OCc3ccccc3Cl)ccc3ccccc23)C(=O)N1Cc1cccc2ccccc12. The maximum Gasteiger partial charge on any atom is 0.293 e. The molecule has 0 saturated carbocycles. The number of thioether (sulfide) groups is 1. The highest BCUT2D eigenvalue weighted by Crippen LogP contribution is 2.38. The van der Waals surface area contributed by atoms with E-state index >= 15 is 0 Å². The van der Waals surface area contributed by atoms with Crippen molar-refractivity contribution in [1.29, 1.82) is 0 Å². The first-order chi connectivity index (χ1) is 18.6. The van der Waals surface area contributed by atoms with Crippen LogP contribution in [0, 0.1) is 0 Å². The van der Waals surface area contributed by atoms with Crippen molar-refractivity contribution >= 4 is 62.1 Å². The Balaban J connectivity index is 1.35. The van der Waals surface area contributed by atoms with E-state index in [2.05, 4.69) is 0 Å². The molecule has 1 saturated heterocycles. The van der Waals surface area contributed by atoms with Crippen LogP contribution in [0.3, 0.4) is 0 Å². The molecule has 1 heterocycles. The van der Waals surface area contributed by atoms with Gasteiger partial charge in [-0.25, -0.2) is 0 Å². The smallest absolute Gasteiger partial charge is 0.293 e. The fourth-order valence-electron chi connectivity index (χ4n) is 4.69. The van der Waals surface area contributed by atoms with E-state index < -0.39 is 0 Å². The van der Waals surface area contributed by atoms with Crippen LogP contribution in [-0.2, 0) is 17.9 Å². The molecule has 186 valence electrons. The van der Waals surface area contributed by atoms with Gasteiger partial charge in [0.05, 0.1) is 11.4 Å². The van der Waals surface area contributed by atoms with Crippen LogP contribution in [0.15, 0.2) is 108 Å². The van der Waals surface area contributed by atoms with Crippen LogP contribution < -0.4 is 4.74 Å². The van der Waals surface area contributed by atoms with Crippen molar-refractivity contribution < 1.29 is 14.3 Å². The molecule has 0 aliphatic carbocycles. The summed E-state index contributed by atoms with van der Waals surface area (Å²) in [6.07, 6.45) is 1.78. The minimum absolute atomic E-state index is 0.217. The molecular weight excluding hydrogens is 514 g/mol. The molecule has 0 N–H and O–H groups in total. The molecule has 6 heteroatoms. The van der Waals surface area contributed by atoms with E-state index in [1.807, 2.05) is 103 Å². The second kappa shape index (κ2) is 10.4. The molecule has 0 unspecified atom stereocenters. The minimum atomic E-state index is -0.307. The quantitative estimate of drug-likeness (QED) is 0.205. The fraction of sp³-hybridized carbons (Fsp3) is 0.0625. The fourth-order valence-corrected chi connectivity index (χ4v) is 5.70. The van der Waals surface area contributed by atoms with Crippen LogP contribution in [0.4, 0.5) is 4.79 Å². The van der Waals surface area contributed by atoms with E-state index in [9.17, 15) is 9.59 Å². The Morgan fingerprint density at radius 1 is 0.737 bits per heavy atom. The Labute approximate surface area is 229 Å². The molecule has 0 aromatic heterocycles. The number of nitrogens with zero attached hydrogens (tertiary/aromatic N) is 1. The second-order valence-electron chi connectivity index (χ2n) is 8.98. The molecule has 5 aromatic rings. The zero-order chi connectivity index (χ0) is 26.1. The van der Waals surface area contributed by atoms with Crippen LogP contribution >= 0.6 is 23.4 Å². The third-order valence-corrected chi connectivity index (χ3v) is 7.91. The highest BCUT2D eigenvalue weighted by molar-refractivity contribution is 8.18. The first kappa shape index (κ1) is 24.3. The van der Waals surface area contributed by atoms with E-state index in [1.54, 1.807) is 6.08 Å². The molecular formula is C32H22ClNO3S. The van der Waals surface area contributed by atoms with Crippen LogP contribution in [0.2, 0.25) is 5.02 Å². The van der Waals surface area contributed by atoms with Crippen LogP contribution in [-0.4, -0.2) is 16.0 Å². The third-order valence-electron chi connectivity index (χ3n) is 6.63. The molecule has 2 amide bonds. The van der Waals surface area contributed by atoms with Crippen molar-refractivity contribution in [2.45, 2.75) is 13.2 Å². The summed E-state index contributed by atoms with van der Waals surface area (Å²) in [7, 11) is 0. The third kappa shape index (κ3) is 4.67. The van der Waals surface area contributed by atoms with Gasteiger partial charge in [0, 0.05) is 16.1 Å². The molecule has 6 rings (SSSR count). The second-order valence-corrected chi connectivity index (χ2v) is 10.4. The van der Waals surface area contributed by atoms with Gasteiger partial charge < -0.3 is 4.74 Å². The number of imide groups is 1. The van der Waals surface area contributed by atoms with Gasteiger partial charge in [0.2, 0.25) is 0 Å². The first-order valence-electron chi connectivity index (χ1n) is 12.2. The predicted octanol–water partition coefficient (Wildman–Crippen LogP) is 8.46. The number of ether oxygens (including phenoxy) is 1. The molecule has 0 bridgehead atoms. The van der Waals surface area contributed by atoms with E-state index in [0.29, 0.717) is 15.7 Å². The lowest BCUT2D eigenvalue weighted by Gasteiger charge is -2.15. The molecule has 5 aromatic carbocycles. The largest absolute Gasteiger partial charge is 0.488 e. The van der Waals surface area contributed by atoms with E-state index in [1.165, 1.54) is 4.90 Å². The summed E-state index contributed by atoms with van der Waals surface area (Å²) in [5.41, 5.74) is 2.55. The van der Waals surface area contributed by atoms with Crippen LogP contribution in [0.5, 0.6) is 5.75 Å². The van der Waals surface area contributed by atoms with Gasteiger partial charge in [0.25, 0.3) is 11.1 Å². The minimum Gasteiger partial charge on any atom is -0.488 e. The van der Waals surface area contributed by atoms with Crippen LogP contribution in [0.1, 0.15) is 16.7 Å². The molecule has 1 aliphatic rings. The highest BCUT2D eigenvalue weighted by Gasteiger charge is 2.35. The Kier molecular flexibility index (Phi) is 6.62. The zero-order valence-electron chi connectivity index (χ0n) is 20.3. The van der Waals surface area contributed by atoms with Gasteiger partial charge in [0.15, 0.2) is 0 Å². The molecule has 4 nitrogen and oxygen atoms in total. The number of carbonyl (C=O) groups is 2. The molecule has 38 heavy (non-hydrogen) atoms. The summed E-state index contributed by atoms with van der Waals surface area (Å²) >= 11 is 7.29. The summed E-state index contributed by atoms with van der Waals surface area (Å²) < 4.78 is 6.21. The zero-order valence-corrected chi connectivity index (χ0v) is 21.8. The summed E-state index contributed by atoms with van der Waals surface area (Å²) in [5.74, 6) is 0.308. The number of halogens is 1. The number of rotatable bonds is 6. The number of fused-ring (bicyclic) bond motifs is 2. The summed E-state index contributed by atoms with van der Waals surface area (Å²) in [5, 5.41) is 4.40. The van der Waals surface area contributed by atoms with Gasteiger partial charge in [-0.3, -0.25) is 14.5 Å². The van der Waals surface area contributed by atoms with Gasteiger partial charge in [0.1, 0.15) is 12.4 Å². The number of benzene rings is 5. The van der Waals surface area contributed by atoms with Crippen molar-refractivity contribution in [1.82, 2.24) is 4.90 Å². The molecule has 0 atom stereocenters. The van der Waals surface area contributed by atoms with E-state index in [0.717, 1.165) is 50.0 Å². The maximum atomic E-state index is 13.5. The van der Waals surface area contributed by atoms with Gasteiger partial charge in [-0.2, -0.15) is 0 Å². The molecule has 1 fully saturated rings. The predicted molar refractivity (Wildman–Crippen MR) is 155 cm³/mol. The Bertz CT molecular complexity index is 1740. The highest BCUT2D eigenvalue weighted by atomic mass is 35.5. The Hall–Kier alpha value is -4.06. The number of amides is 2. The molecule has 0 radical (unpaired) electrons. The topological polar surface area (TPSA) is 46.6 Å². The number of carbonyl (C=O) groups excluding carboxylic acids is 2. The number of hydrogen-bond acceptors (Lipinski definition) is 4. The lowest BCUT2D eigenvalue weighted by atomic mass is 10.0. The van der Waals surface area contributed by atoms with E-state index in [-0.39, 0.29) is 24.3 Å². The lowest BCUT2D eigenvalue weighted by molar-refractivity contribution is -0.123. The van der Waals surface area contributed by atoms with Crippen molar-refractivity contribution in [3.63, 3.8) is 0 Å². The average Bonchev–Trinajstić information content (AvgIpc) is 3.21. The van der Waals surface area contributed by atoms with Crippen molar-refractivity contribution in [3.8, 4) is 5.75 Å². The van der Waals surface area contributed by atoms with Crippen molar-refractivity contribution in [3.05, 3.63) is 130 Å². The summed E-state index contributed by atoms with van der Waals surface area (Å²) in [4.78, 5) is 28.2. The average molecular weight is 536 g/mol. The molecule has 0 spiro atoms. The maximum absolute atomic E-state index is 13.5. The first-order valence-corrected chi connectivity index (χ1v) is 13.4. The monoisotopic (exact) mass is 535 g/mol. The Morgan fingerprint density at radius 2 is 1.39 bits per heavy atom. The lowest BCUT2D eigenvalue weighted by Crippen LogP contribution is -2.27. The Morgan fingerprint density at radius 3 is 2.21 bits per heavy atom. The van der Waals surface area contributed by atoms with Crippen molar-refractivity contribution in [2.24, 2.45) is 0 Å². The van der Waals surface area contributed by atoms with Gasteiger partial charge in [-0.05, 0) is 57.1 Å². The van der Waals surface area contributed by atoms with Crippen LogP contribution in [0.25, 0.3) is 27.6 Å². The van der Waals surface area contributed by atoms with Gasteiger partial charge >= 0.3 is 0 Å². The standard InChI is InChI=1S/C32H22ClNO3S/c33-28-15-6-3-10-24(28)20-37-29-17-16-22-9-2-5-14-26(22)27(29)18-30-31(35)34(32(36)38-30)19-23-12-7-11-21-8-1-4-13-25(21)23/h1-18H,19-20H2/b30-18-. The van der Waals surface area contributed by atoms with Gasteiger partial charge in [-0.15, -0.1) is 0 Å². The van der Waals surface area contributed by atoms with Gasteiger partial charge in [-0.1, -0.05) is 103 Å². The summed E-state index contributed by atoms with van der Waals surface area (Å²) in [6, 6.07) is 33.2. The summed E-state index contributed by atoms with van der Waals surface area (Å²) in [6.45, 7) is 0.496. The number of hydrogen-bond donors (Lipinski definition) is 0. The molecule has 1 aliphatic heterocycles.